The summed E-state index contributed by atoms with van der Waals surface area (Å²) in [5.74, 6) is 0.385. The number of aryl methyl sites for hydroxylation is 1. The zero-order valence-electron chi connectivity index (χ0n) is 12.5. The van der Waals surface area contributed by atoms with Crippen molar-refractivity contribution in [2.45, 2.75) is 36.4 Å². The normalized spacial score (nSPS) is 11.3. The van der Waals surface area contributed by atoms with Gasteiger partial charge in [-0.05, 0) is 24.6 Å². The van der Waals surface area contributed by atoms with Gasteiger partial charge < -0.3 is 10.3 Å². The van der Waals surface area contributed by atoms with Gasteiger partial charge in [-0.3, -0.25) is 0 Å². The Morgan fingerprint density at radius 1 is 1.17 bits per heavy atom. The number of nitrogens with zero attached hydrogens (tertiary/aromatic N) is 4. The van der Waals surface area contributed by atoms with Crippen molar-refractivity contribution >= 4 is 51.9 Å². The second kappa shape index (κ2) is 6.95. The highest BCUT2D eigenvalue weighted by atomic mass is 35.5. The molecular weight excluding hydrogens is 353 g/mol. The lowest BCUT2D eigenvalue weighted by molar-refractivity contribution is 0.598. The van der Waals surface area contributed by atoms with Crippen LogP contribution in [0.3, 0.4) is 0 Å². The van der Waals surface area contributed by atoms with Crippen molar-refractivity contribution in [3.8, 4) is 0 Å². The van der Waals surface area contributed by atoms with Crippen LogP contribution in [0.15, 0.2) is 34.6 Å². The molecule has 0 atom stereocenters. The first-order valence-electron chi connectivity index (χ1n) is 7.19. The van der Waals surface area contributed by atoms with E-state index in [1.807, 2.05) is 12.1 Å². The van der Waals surface area contributed by atoms with Crippen molar-refractivity contribution < 1.29 is 0 Å². The van der Waals surface area contributed by atoms with Gasteiger partial charge in [-0.1, -0.05) is 48.3 Å². The van der Waals surface area contributed by atoms with Crippen molar-refractivity contribution in [3.05, 3.63) is 34.6 Å². The fourth-order valence-corrected chi connectivity index (χ4v) is 3.89. The van der Waals surface area contributed by atoms with Gasteiger partial charge in [0.2, 0.25) is 0 Å². The van der Waals surface area contributed by atoms with Gasteiger partial charge in [-0.15, -0.1) is 0 Å². The molecule has 0 saturated carbocycles. The number of fused-ring (bicyclic) bond motifs is 1. The number of nitrogens with two attached hydrogens (primary N) is 1. The minimum Gasteiger partial charge on any atom is -0.382 e. The van der Waals surface area contributed by atoms with Crippen LogP contribution in [-0.2, 0) is 6.54 Å². The van der Waals surface area contributed by atoms with Crippen LogP contribution in [0.2, 0.25) is 10.0 Å². The van der Waals surface area contributed by atoms with Crippen LogP contribution in [0.5, 0.6) is 0 Å². The average molecular weight is 368 g/mol. The Bertz CT molecular complexity index is 829. The van der Waals surface area contributed by atoms with Gasteiger partial charge in [-0.25, -0.2) is 15.0 Å². The van der Waals surface area contributed by atoms with E-state index in [2.05, 4.69) is 26.4 Å². The van der Waals surface area contributed by atoms with Gasteiger partial charge in [0.15, 0.2) is 22.1 Å². The van der Waals surface area contributed by atoms with E-state index in [9.17, 15) is 0 Å². The molecule has 2 aromatic heterocycles. The molecule has 23 heavy (non-hydrogen) atoms. The van der Waals surface area contributed by atoms with Crippen LogP contribution < -0.4 is 5.73 Å². The standard InChI is InChI=1S/C15H15Cl2N5S/c1-2-3-4-22-14-12(13(18)19-8-20-14)21-15(22)23-11-6-9(16)5-10(17)7-11/h5-8H,2-4H2,1H3,(H2,18,19,20). The fraction of sp³-hybridized carbons (Fsp3) is 0.267. The molecule has 0 bridgehead atoms. The molecule has 3 rings (SSSR count). The third-order valence-electron chi connectivity index (χ3n) is 3.31. The van der Waals surface area contributed by atoms with E-state index in [1.54, 1.807) is 6.07 Å². The van der Waals surface area contributed by atoms with E-state index in [0.717, 1.165) is 35.1 Å². The largest absolute Gasteiger partial charge is 0.382 e. The topological polar surface area (TPSA) is 69.6 Å². The molecule has 0 aliphatic carbocycles. The average Bonchev–Trinajstić information content (AvgIpc) is 2.83. The summed E-state index contributed by atoms with van der Waals surface area (Å²) in [6, 6.07) is 5.42. The number of anilines is 1. The van der Waals surface area contributed by atoms with Gasteiger partial charge in [0, 0.05) is 21.5 Å². The molecule has 2 N–H and O–H groups in total. The number of rotatable bonds is 5. The van der Waals surface area contributed by atoms with Crippen molar-refractivity contribution in [1.29, 1.82) is 0 Å². The van der Waals surface area contributed by atoms with Crippen LogP contribution in [0.1, 0.15) is 19.8 Å². The van der Waals surface area contributed by atoms with Gasteiger partial charge in [0.05, 0.1) is 0 Å². The van der Waals surface area contributed by atoms with Crippen molar-refractivity contribution in [2.24, 2.45) is 0 Å². The lowest BCUT2D eigenvalue weighted by Gasteiger charge is -2.08. The van der Waals surface area contributed by atoms with E-state index < -0.39 is 0 Å². The molecule has 2 heterocycles. The van der Waals surface area contributed by atoms with Crippen molar-refractivity contribution in [1.82, 2.24) is 19.5 Å². The maximum absolute atomic E-state index is 6.08. The molecule has 0 aliphatic rings. The van der Waals surface area contributed by atoms with Crippen LogP contribution in [0.25, 0.3) is 11.2 Å². The second-order valence-electron chi connectivity index (χ2n) is 5.04. The first-order chi connectivity index (χ1) is 11.1. The Kier molecular flexibility index (Phi) is 4.94. The molecule has 0 aliphatic heterocycles. The van der Waals surface area contributed by atoms with Gasteiger partial charge in [0.1, 0.15) is 6.33 Å². The highest BCUT2D eigenvalue weighted by Gasteiger charge is 2.16. The van der Waals surface area contributed by atoms with Crippen molar-refractivity contribution in [3.63, 3.8) is 0 Å². The van der Waals surface area contributed by atoms with E-state index in [1.165, 1.54) is 18.1 Å². The van der Waals surface area contributed by atoms with E-state index in [-0.39, 0.29) is 0 Å². The molecule has 0 unspecified atom stereocenters. The minimum absolute atomic E-state index is 0.385. The van der Waals surface area contributed by atoms with Crippen LogP contribution in [0, 0.1) is 0 Å². The predicted octanol–water partition coefficient (Wildman–Crippen LogP) is 4.67. The molecule has 0 saturated heterocycles. The zero-order valence-corrected chi connectivity index (χ0v) is 14.8. The summed E-state index contributed by atoms with van der Waals surface area (Å²) in [6.45, 7) is 2.96. The lowest BCUT2D eigenvalue weighted by atomic mass is 10.3. The summed E-state index contributed by atoms with van der Waals surface area (Å²) < 4.78 is 2.07. The molecule has 120 valence electrons. The van der Waals surface area contributed by atoms with E-state index >= 15 is 0 Å². The Morgan fingerprint density at radius 3 is 2.61 bits per heavy atom. The second-order valence-corrected chi connectivity index (χ2v) is 6.95. The summed E-state index contributed by atoms with van der Waals surface area (Å²) in [5, 5.41) is 1.99. The smallest absolute Gasteiger partial charge is 0.175 e. The summed E-state index contributed by atoms with van der Waals surface area (Å²) >= 11 is 13.6. The van der Waals surface area contributed by atoms with Crippen LogP contribution in [-0.4, -0.2) is 19.5 Å². The summed E-state index contributed by atoms with van der Waals surface area (Å²) in [6.07, 6.45) is 3.57. The molecule has 0 radical (unpaired) electrons. The number of nitrogen functional groups attached to an aromatic ring is 1. The molecule has 8 heteroatoms. The Hall–Kier alpha value is -1.50. The van der Waals surface area contributed by atoms with E-state index in [4.69, 9.17) is 28.9 Å². The quantitative estimate of drug-likeness (QED) is 0.709. The number of hydrogen-bond acceptors (Lipinski definition) is 5. The van der Waals surface area contributed by atoms with Gasteiger partial charge >= 0.3 is 0 Å². The first kappa shape index (κ1) is 16.4. The molecule has 0 fully saturated rings. The molecule has 1 aromatic carbocycles. The molecule has 3 aromatic rings. The van der Waals surface area contributed by atoms with Crippen molar-refractivity contribution in [2.75, 3.05) is 5.73 Å². The van der Waals surface area contributed by atoms with Crippen LogP contribution in [0.4, 0.5) is 5.82 Å². The van der Waals surface area contributed by atoms with E-state index in [0.29, 0.717) is 21.4 Å². The Morgan fingerprint density at radius 2 is 1.91 bits per heavy atom. The zero-order chi connectivity index (χ0) is 16.4. The third kappa shape index (κ3) is 3.54. The van der Waals surface area contributed by atoms with Gasteiger partial charge in [-0.2, -0.15) is 0 Å². The first-order valence-corrected chi connectivity index (χ1v) is 8.76. The monoisotopic (exact) mass is 367 g/mol. The number of unbranched alkanes of at least 4 members (excludes halogenated alkanes) is 1. The van der Waals surface area contributed by atoms with Gasteiger partial charge in [0.25, 0.3) is 0 Å². The maximum Gasteiger partial charge on any atom is 0.175 e. The number of benzene rings is 1. The summed E-state index contributed by atoms with van der Waals surface area (Å²) in [7, 11) is 0. The molecule has 0 spiro atoms. The highest BCUT2D eigenvalue weighted by molar-refractivity contribution is 7.99. The summed E-state index contributed by atoms with van der Waals surface area (Å²) in [4.78, 5) is 13.9. The van der Waals surface area contributed by atoms with Crippen LogP contribution >= 0.6 is 35.0 Å². The summed E-state index contributed by atoms with van der Waals surface area (Å²) in [5.41, 5.74) is 7.31. The predicted molar refractivity (Wildman–Crippen MR) is 95.2 cm³/mol. The molecular formula is C15H15Cl2N5S. The highest BCUT2D eigenvalue weighted by Crippen LogP contribution is 2.34. The third-order valence-corrected chi connectivity index (χ3v) is 4.71. The number of aromatic nitrogens is 4. The Balaban J connectivity index is 2.06. The SMILES string of the molecule is CCCCn1c(Sc2cc(Cl)cc(Cl)c2)nc2c(N)ncnc21. The molecule has 5 nitrogen and oxygen atoms in total. The number of halogens is 2. The number of hydrogen-bond donors (Lipinski definition) is 1. The molecule has 0 amide bonds. The maximum atomic E-state index is 6.08. The lowest BCUT2D eigenvalue weighted by Crippen LogP contribution is -2.01. The Labute approximate surface area is 148 Å². The number of imidazole rings is 1. The fourth-order valence-electron chi connectivity index (χ4n) is 2.22. The minimum atomic E-state index is 0.385.